The van der Waals surface area contributed by atoms with Crippen LogP contribution in [0.25, 0.3) is 0 Å². The van der Waals surface area contributed by atoms with Crippen LogP contribution < -0.4 is 10.2 Å². The Morgan fingerprint density at radius 2 is 1.89 bits per heavy atom. The van der Waals surface area contributed by atoms with Gasteiger partial charge in [0, 0.05) is 6.07 Å². The number of carbonyl (C=O) groups is 3. The summed E-state index contributed by atoms with van der Waals surface area (Å²) < 4.78 is 33.3. The molecular weight excluding hydrogens is 372 g/mol. The van der Waals surface area contributed by atoms with E-state index in [9.17, 15) is 23.2 Å². The van der Waals surface area contributed by atoms with Crippen LogP contribution in [0.5, 0.6) is 0 Å². The average molecular weight is 383 g/mol. The van der Waals surface area contributed by atoms with Crippen LogP contribution in [0.2, 0.25) is 0 Å². The zero-order chi connectivity index (χ0) is 20.0. The topological polar surface area (TPSA) is 92.5 Å². The minimum absolute atomic E-state index is 0.000648. The van der Waals surface area contributed by atoms with Gasteiger partial charge in [-0.05, 0) is 31.2 Å². The van der Waals surface area contributed by atoms with E-state index >= 15 is 0 Å². The minimum atomic E-state index is -0.885. The van der Waals surface area contributed by atoms with Crippen LogP contribution in [0, 0.1) is 18.6 Å². The molecule has 0 fully saturated rings. The number of nitrogens with one attached hydrogen (secondary N) is 1. The van der Waals surface area contributed by atoms with E-state index in [-0.39, 0.29) is 34.0 Å². The zero-order valence-electron chi connectivity index (χ0n) is 14.3. The Labute approximate surface area is 156 Å². The fourth-order valence-corrected chi connectivity index (χ4v) is 2.93. The van der Waals surface area contributed by atoms with Gasteiger partial charge in [0.1, 0.15) is 17.4 Å². The maximum atomic E-state index is 14.5. The van der Waals surface area contributed by atoms with E-state index in [1.807, 2.05) is 0 Å². The van der Waals surface area contributed by atoms with Gasteiger partial charge in [0.2, 0.25) is 0 Å². The summed E-state index contributed by atoms with van der Waals surface area (Å²) in [6, 6.07) is 7.08. The van der Waals surface area contributed by atoms with Crippen molar-refractivity contribution in [1.82, 2.24) is 4.98 Å². The van der Waals surface area contributed by atoms with Gasteiger partial charge in [0.25, 0.3) is 17.7 Å². The number of benzene rings is 2. The molecule has 0 aliphatic carbocycles. The number of amides is 3. The predicted octanol–water partition coefficient (Wildman–Crippen LogP) is 3.31. The lowest BCUT2D eigenvalue weighted by molar-refractivity contribution is 0.0923. The first-order valence-corrected chi connectivity index (χ1v) is 8.06. The van der Waals surface area contributed by atoms with Crippen molar-refractivity contribution in [2.45, 2.75) is 6.92 Å². The van der Waals surface area contributed by atoms with Gasteiger partial charge in [-0.15, -0.1) is 0 Å². The number of imide groups is 1. The second-order valence-corrected chi connectivity index (χ2v) is 5.98. The van der Waals surface area contributed by atoms with Crippen LogP contribution in [0.15, 0.2) is 47.2 Å². The van der Waals surface area contributed by atoms with Crippen molar-refractivity contribution in [3.05, 3.63) is 77.0 Å². The highest BCUT2D eigenvalue weighted by Gasteiger charge is 2.39. The third-order valence-corrected chi connectivity index (χ3v) is 4.28. The van der Waals surface area contributed by atoms with E-state index in [2.05, 4.69) is 10.3 Å². The summed E-state index contributed by atoms with van der Waals surface area (Å²) in [4.78, 5) is 41.4. The van der Waals surface area contributed by atoms with Gasteiger partial charge < -0.3 is 9.73 Å². The number of carbonyl (C=O) groups excluding carboxylic acids is 3. The first kappa shape index (κ1) is 17.5. The molecule has 2 heterocycles. The third kappa shape index (κ3) is 2.64. The number of aromatic nitrogens is 1. The number of nitrogens with zero attached hydrogens (tertiary/aromatic N) is 2. The van der Waals surface area contributed by atoms with Gasteiger partial charge in [-0.2, -0.15) is 0 Å². The fraction of sp³-hybridized carbons (Fsp3) is 0.0526. The molecule has 9 heteroatoms. The van der Waals surface area contributed by atoms with E-state index in [0.717, 1.165) is 18.5 Å². The molecule has 1 aliphatic rings. The molecule has 1 aromatic heterocycles. The van der Waals surface area contributed by atoms with Crippen LogP contribution >= 0.6 is 0 Å². The summed E-state index contributed by atoms with van der Waals surface area (Å²) in [5, 5.41) is 2.34. The molecule has 0 spiro atoms. The number of aryl methyl sites for hydroxylation is 1. The number of hydrogen-bond donors (Lipinski definition) is 1. The molecular formula is C19H11F2N3O4. The first-order valence-electron chi connectivity index (χ1n) is 8.06. The molecule has 1 aliphatic heterocycles. The highest BCUT2D eigenvalue weighted by molar-refractivity contribution is 6.34. The number of rotatable bonds is 3. The molecule has 2 aromatic carbocycles. The van der Waals surface area contributed by atoms with Gasteiger partial charge in [0.05, 0.1) is 22.5 Å². The van der Waals surface area contributed by atoms with Gasteiger partial charge in [-0.25, -0.2) is 18.7 Å². The Hall–Kier alpha value is -3.88. The van der Waals surface area contributed by atoms with Crippen molar-refractivity contribution in [3.63, 3.8) is 0 Å². The van der Waals surface area contributed by atoms with Crippen molar-refractivity contribution < 1.29 is 27.6 Å². The third-order valence-electron chi connectivity index (χ3n) is 4.28. The monoisotopic (exact) mass is 383 g/mol. The Kier molecular flexibility index (Phi) is 3.99. The Bertz CT molecular complexity index is 1160. The van der Waals surface area contributed by atoms with Crippen LogP contribution in [-0.2, 0) is 0 Å². The molecule has 0 saturated heterocycles. The van der Waals surface area contributed by atoms with Gasteiger partial charge in [0.15, 0.2) is 12.1 Å². The predicted molar refractivity (Wildman–Crippen MR) is 93.1 cm³/mol. The largest absolute Gasteiger partial charge is 0.448 e. The van der Waals surface area contributed by atoms with E-state index in [1.54, 1.807) is 0 Å². The molecule has 0 atom stereocenters. The van der Waals surface area contributed by atoms with Gasteiger partial charge >= 0.3 is 0 Å². The average Bonchev–Trinajstić information content (AvgIpc) is 3.19. The number of halogens is 2. The molecule has 28 heavy (non-hydrogen) atoms. The molecule has 0 unspecified atom stereocenters. The molecule has 1 N–H and O–H groups in total. The van der Waals surface area contributed by atoms with E-state index in [4.69, 9.17) is 4.42 Å². The maximum absolute atomic E-state index is 14.5. The van der Waals surface area contributed by atoms with Crippen molar-refractivity contribution in [2.24, 2.45) is 0 Å². The minimum Gasteiger partial charge on any atom is -0.448 e. The number of hydrogen-bond acceptors (Lipinski definition) is 5. The second-order valence-electron chi connectivity index (χ2n) is 5.98. The van der Waals surface area contributed by atoms with Gasteiger partial charge in [-0.1, -0.05) is 6.07 Å². The summed E-state index contributed by atoms with van der Waals surface area (Å²) in [5.74, 6) is -3.76. The molecule has 3 aromatic rings. The highest BCUT2D eigenvalue weighted by Crippen LogP contribution is 2.31. The highest BCUT2D eigenvalue weighted by atomic mass is 19.1. The van der Waals surface area contributed by atoms with E-state index in [1.165, 1.54) is 31.2 Å². The van der Waals surface area contributed by atoms with E-state index < -0.39 is 29.4 Å². The second kappa shape index (κ2) is 6.38. The molecule has 3 amide bonds. The van der Waals surface area contributed by atoms with Gasteiger partial charge in [-0.3, -0.25) is 14.4 Å². The fourth-order valence-electron chi connectivity index (χ4n) is 2.93. The molecule has 7 nitrogen and oxygen atoms in total. The van der Waals surface area contributed by atoms with Crippen LogP contribution in [0.4, 0.5) is 20.2 Å². The molecule has 140 valence electrons. The lowest BCUT2D eigenvalue weighted by Crippen LogP contribution is -2.29. The summed E-state index contributed by atoms with van der Waals surface area (Å²) in [5.41, 5.74) is -0.715. The van der Waals surface area contributed by atoms with Crippen molar-refractivity contribution in [1.29, 1.82) is 0 Å². The SMILES string of the molecule is Cc1ocnc1C(=O)Nc1ccc(N2C(=O)c3cccc(F)c3C2=O)cc1F. The molecule has 0 bridgehead atoms. The van der Waals surface area contributed by atoms with Crippen molar-refractivity contribution >= 4 is 29.1 Å². The summed E-state index contributed by atoms with van der Waals surface area (Å²) in [6.07, 6.45) is 1.09. The van der Waals surface area contributed by atoms with Crippen LogP contribution in [0.1, 0.15) is 37.0 Å². The van der Waals surface area contributed by atoms with E-state index in [0.29, 0.717) is 4.90 Å². The maximum Gasteiger partial charge on any atom is 0.277 e. The Morgan fingerprint density at radius 1 is 1.11 bits per heavy atom. The van der Waals surface area contributed by atoms with Crippen molar-refractivity contribution in [2.75, 3.05) is 10.2 Å². The quantitative estimate of drug-likeness (QED) is 0.701. The van der Waals surface area contributed by atoms with Crippen molar-refractivity contribution in [3.8, 4) is 0 Å². The summed E-state index contributed by atoms with van der Waals surface area (Å²) >= 11 is 0. The molecule has 0 saturated carbocycles. The number of oxazole rings is 1. The lowest BCUT2D eigenvalue weighted by atomic mass is 10.1. The summed E-state index contributed by atoms with van der Waals surface area (Å²) in [7, 11) is 0. The smallest absolute Gasteiger partial charge is 0.277 e. The normalized spacial score (nSPS) is 13.0. The lowest BCUT2D eigenvalue weighted by Gasteiger charge is -2.15. The molecule has 4 rings (SSSR count). The standard InChI is InChI=1S/C19H11F2N3O4/c1-9-16(22-8-28-9)17(25)23-14-6-5-10(7-13(14)21)24-18(26)11-3-2-4-12(20)15(11)19(24)27/h2-8H,1H3,(H,23,25). The Morgan fingerprint density at radius 3 is 2.54 bits per heavy atom. The van der Waals surface area contributed by atoms with Crippen LogP contribution in [0.3, 0.4) is 0 Å². The Balaban J connectivity index is 1.63. The summed E-state index contributed by atoms with van der Waals surface area (Å²) in [6.45, 7) is 1.53. The molecule has 0 radical (unpaired) electrons. The number of fused-ring (bicyclic) bond motifs is 1. The van der Waals surface area contributed by atoms with Crippen LogP contribution in [-0.4, -0.2) is 22.7 Å². The first-order chi connectivity index (χ1) is 13.4. The number of anilines is 2. The zero-order valence-corrected chi connectivity index (χ0v) is 14.3.